The third kappa shape index (κ3) is 2.90. The van der Waals surface area contributed by atoms with Crippen molar-refractivity contribution >= 4 is 17.2 Å². The Labute approximate surface area is 116 Å². The number of anilines is 3. The third-order valence-corrected chi connectivity index (χ3v) is 2.53. The number of pyridine rings is 1. The summed E-state index contributed by atoms with van der Waals surface area (Å²) in [7, 11) is 0. The lowest BCUT2D eigenvalue weighted by atomic mass is 10.2. The monoisotopic (exact) mass is 270 g/mol. The van der Waals surface area contributed by atoms with E-state index < -0.39 is 0 Å². The fourth-order valence-electron chi connectivity index (χ4n) is 1.69. The van der Waals surface area contributed by atoms with Gasteiger partial charge in [-0.1, -0.05) is 6.07 Å². The molecular weight excluding hydrogens is 256 g/mol. The molecule has 6 nitrogen and oxygen atoms in total. The average molecular weight is 270 g/mol. The number of nitrogens with zero attached hydrogens (tertiary/aromatic N) is 2. The van der Waals surface area contributed by atoms with E-state index in [-0.39, 0.29) is 22.9 Å². The van der Waals surface area contributed by atoms with E-state index in [2.05, 4.69) is 10.3 Å². The second-order valence-corrected chi connectivity index (χ2v) is 4.00. The number of aromatic hydroxyl groups is 1. The van der Waals surface area contributed by atoms with Gasteiger partial charge < -0.3 is 20.9 Å². The summed E-state index contributed by atoms with van der Waals surface area (Å²) in [5, 5.41) is 21.4. The number of phenols is 1. The fourth-order valence-corrected chi connectivity index (χ4v) is 1.69. The van der Waals surface area contributed by atoms with E-state index >= 15 is 0 Å². The van der Waals surface area contributed by atoms with Crippen molar-refractivity contribution in [3.05, 3.63) is 35.9 Å². The molecule has 0 aliphatic rings. The van der Waals surface area contributed by atoms with Crippen molar-refractivity contribution in [2.45, 2.75) is 6.92 Å². The maximum absolute atomic E-state index is 9.41. The van der Waals surface area contributed by atoms with Gasteiger partial charge in [-0.2, -0.15) is 10.2 Å². The van der Waals surface area contributed by atoms with Crippen LogP contribution in [0.2, 0.25) is 0 Å². The minimum atomic E-state index is 0.140. The molecule has 0 saturated carbocycles. The Morgan fingerprint density at radius 1 is 1.45 bits per heavy atom. The summed E-state index contributed by atoms with van der Waals surface area (Å²) in [5.74, 6) is 0.773. The summed E-state index contributed by atoms with van der Waals surface area (Å²) in [6.07, 6.45) is 0. The normalized spacial score (nSPS) is 9.80. The van der Waals surface area contributed by atoms with Gasteiger partial charge in [0.2, 0.25) is 5.88 Å². The highest BCUT2D eigenvalue weighted by molar-refractivity contribution is 5.67. The molecule has 2 rings (SSSR count). The van der Waals surface area contributed by atoms with Crippen LogP contribution in [0.1, 0.15) is 12.5 Å². The lowest BCUT2D eigenvalue weighted by Gasteiger charge is -2.11. The maximum Gasteiger partial charge on any atom is 0.235 e. The number of nitrogen functional groups attached to an aromatic ring is 1. The molecule has 20 heavy (non-hydrogen) atoms. The van der Waals surface area contributed by atoms with Crippen molar-refractivity contribution in [1.82, 2.24) is 4.98 Å². The number of rotatable bonds is 4. The van der Waals surface area contributed by atoms with Crippen LogP contribution in [-0.2, 0) is 0 Å². The summed E-state index contributed by atoms with van der Waals surface area (Å²) in [6, 6.07) is 10.1. The lowest BCUT2D eigenvalue weighted by molar-refractivity contribution is 0.326. The zero-order chi connectivity index (χ0) is 14.5. The maximum atomic E-state index is 9.41. The minimum absolute atomic E-state index is 0.140. The van der Waals surface area contributed by atoms with Gasteiger partial charge >= 0.3 is 0 Å². The van der Waals surface area contributed by atoms with Crippen molar-refractivity contribution in [2.24, 2.45) is 0 Å². The number of ether oxygens (including phenoxy) is 1. The van der Waals surface area contributed by atoms with Crippen molar-refractivity contribution < 1.29 is 9.84 Å². The van der Waals surface area contributed by atoms with E-state index in [0.29, 0.717) is 18.1 Å². The van der Waals surface area contributed by atoms with Crippen LogP contribution < -0.4 is 15.8 Å². The number of hydrogen-bond acceptors (Lipinski definition) is 6. The van der Waals surface area contributed by atoms with Crippen LogP contribution in [0.3, 0.4) is 0 Å². The second kappa shape index (κ2) is 5.80. The Balaban J connectivity index is 2.36. The van der Waals surface area contributed by atoms with E-state index in [1.165, 1.54) is 0 Å². The Morgan fingerprint density at radius 3 is 2.90 bits per heavy atom. The molecule has 1 heterocycles. The molecule has 0 spiro atoms. The van der Waals surface area contributed by atoms with E-state index in [1.54, 1.807) is 37.3 Å². The SMILES string of the molecule is CCOc1nc(Nc2cccc(O)c2)cc(N)c1C#N. The average Bonchev–Trinajstić information content (AvgIpc) is 2.39. The van der Waals surface area contributed by atoms with Gasteiger partial charge in [0, 0.05) is 17.8 Å². The van der Waals surface area contributed by atoms with Gasteiger partial charge in [-0.15, -0.1) is 0 Å². The van der Waals surface area contributed by atoms with Gasteiger partial charge in [0.1, 0.15) is 23.2 Å². The van der Waals surface area contributed by atoms with Crippen molar-refractivity contribution in [1.29, 1.82) is 5.26 Å². The Hall–Kier alpha value is -2.94. The molecule has 0 atom stereocenters. The zero-order valence-corrected chi connectivity index (χ0v) is 10.9. The standard InChI is InChI=1S/C14H14N4O2/c1-2-20-14-11(8-15)12(16)7-13(18-14)17-9-4-3-5-10(19)6-9/h3-7,19H,2H2,1H3,(H3,16,17,18). The van der Waals surface area contributed by atoms with Crippen LogP contribution in [0.4, 0.5) is 17.2 Å². The van der Waals surface area contributed by atoms with Gasteiger partial charge in [0.25, 0.3) is 0 Å². The number of benzene rings is 1. The number of nitriles is 1. The summed E-state index contributed by atoms with van der Waals surface area (Å²) < 4.78 is 5.31. The van der Waals surface area contributed by atoms with E-state index in [0.717, 1.165) is 0 Å². The number of nitrogens with two attached hydrogens (primary N) is 1. The molecule has 0 saturated heterocycles. The molecule has 0 aliphatic heterocycles. The molecule has 4 N–H and O–H groups in total. The van der Waals surface area contributed by atoms with Crippen LogP contribution in [0.15, 0.2) is 30.3 Å². The molecule has 0 aliphatic carbocycles. The zero-order valence-electron chi connectivity index (χ0n) is 10.9. The summed E-state index contributed by atoms with van der Waals surface area (Å²) in [5.41, 5.74) is 6.97. The largest absolute Gasteiger partial charge is 0.508 e. The Bertz CT molecular complexity index is 665. The molecular formula is C14H14N4O2. The highest BCUT2D eigenvalue weighted by atomic mass is 16.5. The minimum Gasteiger partial charge on any atom is -0.508 e. The first kappa shape index (κ1) is 13.5. The quantitative estimate of drug-likeness (QED) is 0.788. The first-order valence-corrected chi connectivity index (χ1v) is 6.03. The van der Waals surface area contributed by atoms with E-state index in [9.17, 15) is 5.11 Å². The highest BCUT2D eigenvalue weighted by Crippen LogP contribution is 2.27. The Kier molecular flexibility index (Phi) is 3.91. The van der Waals surface area contributed by atoms with Gasteiger partial charge in [-0.3, -0.25) is 0 Å². The first-order chi connectivity index (χ1) is 9.63. The molecule has 6 heteroatoms. The molecule has 102 valence electrons. The summed E-state index contributed by atoms with van der Waals surface area (Å²) >= 11 is 0. The molecule has 0 fully saturated rings. The second-order valence-electron chi connectivity index (χ2n) is 4.00. The molecule has 1 aromatic heterocycles. The molecule has 1 aromatic carbocycles. The van der Waals surface area contributed by atoms with Gasteiger partial charge in [0.15, 0.2) is 0 Å². The van der Waals surface area contributed by atoms with Crippen molar-refractivity contribution in [2.75, 3.05) is 17.7 Å². The van der Waals surface area contributed by atoms with Gasteiger partial charge in [-0.05, 0) is 19.1 Å². The molecule has 0 unspecified atom stereocenters. The van der Waals surface area contributed by atoms with Crippen LogP contribution in [0.25, 0.3) is 0 Å². The van der Waals surface area contributed by atoms with E-state index in [1.807, 2.05) is 6.07 Å². The van der Waals surface area contributed by atoms with E-state index in [4.69, 9.17) is 15.7 Å². The summed E-state index contributed by atoms with van der Waals surface area (Å²) in [4.78, 5) is 4.20. The van der Waals surface area contributed by atoms with Crippen LogP contribution >= 0.6 is 0 Å². The first-order valence-electron chi connectivity index (χ1n) is 6.03. The molecule has 2 aromatic rings. The van der Waals surface area contributed by atoms with Crippen LogP contribution in [-0.4, -0.2) is 16.7 Å². The molecule has 0 amide bonds. The van der Waals surface area contributed by atoms with Crippen molar-refractivity contribution in [3.63, 3.8) is 0 Å². The number of hydrogen-bond donors (Lipinski definition) is 3. The number of phenolic OH excluding ortho intramolecular Hbond substituents is 1. The number of nitrogens with one attached hydrogen (secondary N) is 1. The topological polar surface area (TPSA) is 104 Å². The third-order valence-electron chi connectivity index (χ3n) is 2.53. The molecule has 0 radical (unpaired) electrons. The summed E-state index contributed by atoms with van der Waals surface area (Å²) in [6.45, 7) is 2.19. The predicted molar refractivity (Wildman–Crippen MR) is 75.9 cm³/mol. The van der Waals surface area contributed by atoms with Crippen molar-refractivity contribution in [3.8, 4) is 17.7 Å². The molecule has 0 bridgehead atoms. The Morgan fingerprint density at radius 2 is 2.25 bits per heavy atom. The smallest absolute Gasteiger partial charge is 0.235 e. The van der Waals surface area contributed by atoms with Crippen LogP contribution in [0.5, 0.6) is 11.6 Å². The lowest BCUT2D eigenvalue weighted by Crippen LogP contribution is -2.04. The predicted octanol–water partition coefficient (Wildman–Crippen LogP) is 2.38. The number of aromatic nitrogens is 1. The van der Waals surface area contributed by atoms with Gasteiger partial charge in [0.05, 0.1) is 12.3 Å². The van der Waals surface area contributed by atoms with Crippen LogP contribution in [0, 0.1) is 11.3 Å². The highest BCUT2D eigenvalue weighted by Gasteiger charge is 2.11. The fraction of sp³-hybridized carbons (Fsp3) is 0.143. The van der Waals surface area contributed by atoms with Gasteiger partial charge in [-0.25, -0.2) is 0 Å².